The van der Waals surface area contributed by atoms with Crippen molar-refractivity contribution in [2.24, 2.45) is 5.73 Å². The molecule has 1 saturated heterocycles. The number of piperazine rings is 1. The number of amides is 4. The van der Waals surface area contributed by atoms with Gasteiger partial charge >= 0.3 is 6.03 Å². The van der Waals surface area contributed by atoms with Gasteiger partial charge in [0.1, 0.15) is 0 Å². The molecule has 4 amide bonds. The van der Waals surface area contributed by atoms with E-state index in [0.717, 1.165) is 18.8 Å². The van der Waals surface area contributed by atoms with Crippen LogP contribution in [0.25, 0.3) is 0 Å². The van der Waals surface area contributed by atoms with E-state index in [1.54, 1.807) is 29.2 Å². The number of hydrogen-bond acceptors (Lipinski definition) is 4. The number of primary amides is 1. The molecule has 152 valence electrons. The average molecular weight is 416 g/mol. The molecule has 0 radical (unpaired) electrons. The third kappa shape index (κ3) is 5.61. The van der Waals surface area contributed by atoms with E-state index < -0.39 is 6.03 Å². The minimum Gasteiger partial charge on any atom is -0.368 e. The van der Waals surface area contributed by atoms with E-state index in [1.807, 2.05) is 24.3 Å². The van der Waals surface area contributed by atoms with E-state index >= 15 is 0 Å². The minimum atomic E-state index is -0.677. The van der Waals surface area contributed by atoms with Crippen LogP contribution < -0.4 is 21.3 Å². The summed E-state index contributed by atoms with van der Waals surface area (Å²) < 4.78 is 0. The Kier molecular flexibility index (Phi) is 6.56. The number of benzene rings is 2. The van der Waals surface area contributed by atoms with Crippen molar-refractivity contribution in [3.63, 3.8) is 0 Å². The van der Waals surface area contributed by atoms with Crippen LogP contribution in [0.5, 0.6) is 0 Å². The largest absolute Gasteiger partial charge is 0.368 e. The lowest BCUT2D eigenvalue weighted by molar-refractivity contribution is -0.130. The van der Waals surface area contributed by atoms with Gasteiger partial charge in [-0.25, -0.2) is 4.79 Å². The molecule has 8 nitrogen and oxygen atoms in total. The first-order valence-corrected chi connectivity index (χ1v) is 9.53. The van der Waals surface area contributed by atoms with Crippen LogP contribution in [0.2, 0.25) is 5.02 Å². The molecule has 1 aliphatic rings. The number of nitrogens with two attached hydrogens (primary N) is 1. The number of carbonyl (C=O) groups is 3. The first-order valence-electron chi connectivity index (χ1n) is 9.15. The summed E-state index contributed by atoms with van der Waals surface area (Å²) in [6.45, 7) is 2.54. The van der Waals surface area contributed by atoms with Gasteiger partial charge in [-0.2, -0.15) is 0 Å². The Morgan fingerprint density at radius 1 is 0.931 bits per heavy atom. The lowest BCUT2D eigenvalue weighted by atomic mass is 10.2. The number of anilines is 2. The molecule has 1 heterocycles. The van der Waals surface area contributed by atoms with Crippen LogP contribution in [-0.2, 0) is 4.79 Å². The van der Waals surface area contributed by atoms with E-state index in [2.05, 4.69) is 15.5 Å². The Balaban J connectivity index is 1.45. The summed E-state index contributed by atoms with van der Waals surface area (Å²) in [7, 11) is 0. The molecule has 4 N–H and O–H groups in total. The van der Waals surface area contributed by atoms with Crippen LogP contribution >= 0.6 is 11.6 Å². The summed E-state index contributed by atoms with van der Waals surface area (Å²) in [5.74, 6) is -0.482. The molecule has 2 aromatic rings. The van der Waals surface area contributed by atoms with Gasteiger partial charge in [0.05, 0.1) is 6.54 Å². The second kappa shape index (κ2) is 9.29. The number of nitrogens with one attached hydrogen (secondary N) is 2. The summed E-state index contributed by atoms with van der Waals surface area (Å²) in [6, 6.07) is 13.2. The van der Waals surface area contributed by atoms with Gasteiger partial charge in [0.15, 0.2) is 0 Å². The topological polar surface area (TPSA) is 108 Å². The standard InChI is InChI=1S/C20H22ClN5O3/c21-15-3-7-17(8-4-15)25-9-11-26(12-10-25)18(27)13-23-19(28)14-1-5-16(6-2-14)24-20(22)29/h1-8H,9-13H2,(H,23,28)(H3,22,24,29). The smallest absolute Gasteiger partial charge is 0.316 e. The molecule has 0 atom stereocenters. The van der Waals surface area contributed by atoms with E-state index in [-0.39, 0.29) is 18.4 Å². The first-order chi connectivity index (χ1) is 13.9. The molecule has 0 saturated carbocycles. The molecule has 1 fully saturated rings. The fraction of sp³-hybridized carbons (Fsp3) is 0.250. The summed E-state index contributed by atoms with van der Waals surface area (Å²) in [5.41, 5.74) is 6.99. The lowest BCUT2D eigenvalue weighted by Crippen LogP contribution is -2.51. The predicted molar refractivity (Wildman–Crippen MR) is 112 cm³/mol. The maximum Gasteiger partial charge on any atom is 0.316 e. The summed E-state index contributed by atoms with van der Waals surface area (Å²) >= 11 is 5.92. The number of urea groups is 1. The van der Waals surface area contributed by atoms with Crippen LogP contribution in [0, 0.1) is 0 Å². The Labute approximate surface area is 173 Å². The molecule has 0 spiro atoms. The third-order valence-electron chi connectivity index (χ3n) is 4.64. The SMILES string of the molecule is NC(=O)Nc1ccc(C(=O)NCC(=O)N2CCN(c3ccc(Cl)cc3)CC2)cc1. The molecular weight excluding hydrogens is 394 g/mol. The zero-order valence-corrected chi connectivity index (χ0v) is 16.5. The van der Waals surface area contributed by atoms with Crippen molar-refractivity contribution in [1.29, 1.82) is 0 Å². The minimum absolute atomic E-state index is 0.0684. The van der Waals surface area contributed by atoms with Gasteiger partial charge in [0, 0.05) is 48.1 Å². The summed E-state index contributed by atoms with van der Waals surface area (Å²) in [6.07, 6.45) is 0. The second-order valence-corrected chi connectivity index (χ2v) is 7.03. The number of nitrogens with zero attached hydrogens (tertiary/aromatic N) is 2. The Hall–Kier alpha value is -3.26. The van der Waals surface area contributed by atoms with Gasteiger partial charge in [-0.05, 0) is 48.5 Å². The van der Waals surface area contributed by atoms with Gasteiger partial charge in [-0.3, -0.25) is 9.59 Å². The van der Waals surface area contributed by atoms with Crippen LogP contribution in [-0.4, -0.2) is 55.5 Å². The van der Waals surface area contributed by atoms with Gasteiger partial charge in [-0.15, -0.1) is 0 Å². The van der Waals surface area contributed by atoms with Crippen molar-refractivity contribution in [3.05, 3.63) is 59.1 Å². The highest BCUT2D eigenvalue weighted by Crippen LogP contribution is 2.19. The van der Waals surface area contributed by atoms with Crippen LogP contribution in [0.4, 0.5) is 16.2 Å². The zero-order chi connectivity index (χ0) is 20.8. The Morgan fingerprint density at radius 3 is 2.14 bits per heavy atom. The Bertz CT molecular complexity index is 878. The maximum atomic E-state index is 12.4. The normalized spacial score (nSPS) is 13.7. The first kappa shape index (κ1) is 20.5. The molecule has 9 heteroatoms. The molecule has 1 aliphatic heterocycles. The van der Waals surface area contributed by atoms with Gasteiger partial charge in [0.25, 0.3) is 5.91 Å². The van der Waals surface area contributed by atoms with Crippen molar-refractivity contribution in [3.8, 4) is 0 Å². The third-order valence-corrected chi connectivity index (χ3v) is 4.89. The zero-order valence-electron chi connectivity index (χ0n) is 15.7. The summed E-state index contributed by atoms with van der Waals surface area (Å²) in [4.78, 5) is 39.4. The molecule has 0 unspecified atom stereocenters. The van der Waals surface area contributed by atoms with Crippen LogP contribution in [0.1, 0.15) is 10.4 Å². The highest BCUT2D eigenvalue weighted by Gasteiger charge is 2.21. The van der Waals surface area contributed by atoms with Gasteiger partial charge in [0.2, 0.25) is 5.91 Å². The molecule has 3 rings (SSSR count). The second-order valence-electron chi connectivity index (χ2n) is 6.59. The fourth-order valence-electron chi connectivity index (χ4n) is 3.08. The lowest BCUT2D eigenvalue weighted by Gasteiger charge is -2.36. The molecule has 0 aromatic heterocycles. The van der Waals surface area contributed by atoms with Crippen molar-refractivity contribution in [2.75, 3.05) is 42.9 Å². The fourth-order valence-corrected chi connectivity index (χ4v) is 3.21. The predicted octanol–water partition coefficient (Wildman–Crippen LogP) is 1.91. The van der Waals surface area contributed by atoms with Crippen molar-refractivity contribution in [1.82, 2.24) is 10.2 Å². The molecule has 0 bridgehead atoms. The average Bonchev–Trinajstić information content (AvgIpc) is 2.72. The van der Waals surface area contributed by atoms with Gasteiger partial charge < -0.3 is 26.2 Å². The molecule has 29 heavy (non-hydrogen) atoms. The van der Waals surface area contributed by atoms with Crippen molar-refractivity contribution in [2.45, 2.75) is 0 Å². The van der Waals surface area contributed by atoms with Crippen molar-refractivity contribution >= 4 is 40.8 Å². The van der Waals surface area contributed by atoms with Gasteiger partial charge in [-0.1, -0.05) is 11.6 Å². The highest BCUT2D eigenvalue weighted by molar-refractivity contribution is 6.30. The van der Waals surface area contributed by atoms with Crippen LogP contribution in [0.3, 0.4) is 0 Å². The van der Waals surface area contributed by atoms with Crippen LogP contribution in [0.15, 0.2) is 48.5 Å². The highest BCUT2D eigenvalue weighted by atomic mass is 35.5. The Morgan fingerprint density at radius 2 is 1.55 bits per heavy atom. The van der Waals surface area contributed by atoms with E-state index in [0.29, 0.717) is 29.4 Å². The molecular formula is C20H22ClN5O3. The quantitative estimate of drug-likeness (QED) is 0.693. The number of carbonyl (C=O) groups excluding carboxylic acids is 3. The molecule has 0 aliphatic carbocycles. The molecule has 2 aromatic carbocycles. The number of halogens is 1. The van der Waals surface area contributed by atoms with E-state index in [1.165, 1.54) is 0 Å². The number of hydrogen-bond donors (Lipinski definition) is 3. The number of rotatable bonds is 5. The van der Waals surface area contributed by atoms with E-state index in [9.17, 15) is 14.4 Å². The van der Waals surface area contributed by atoms with E-state index in [4.69, 9.17) is 17.3 Å². The summed E-state index contributed by atoms with van der Waals surface area (Å²) in [5, 5.41) is 5.74. The monoisotopic (exact) mass is 415 g/mol. The van der Waals surface area contributed by atoms with Crippen molar-refractivity contribution < 1.29 is 14.4 Å². The maximum absolute atomic E-state index is 12.4.